The number of nitro groups is 1. The molecular formula is C15H11N5O4. The number of nitrogens with one attached hydrogen (secondary N) is 2. The van der Waals surface area contributed by atoms with E-state index < -0.39 is 16.5 Å². The fraction of sp³-hybridized carbons (Fsp3) is 0. The van der Waals surface area contributed by atoms with Gasteiger partial charge in [0.25, 0.3) is 5.91 Å². The van der Waals surface area contributed by atoms with E-state index >= 15 is 0 Å². The molecule has 3 N–H and O–H groups in total. The summed E-state index contributed by atoms with van der Waals surface area (Å²) >= 11 is 0. The summed E-state index contributed by atoms with van der Waals surface area (Å²) in [7, 11) is 0. The number of hydrogen-bond acceptors (Lipinski definition) is 6. The lowest BCUT2D eigenvalue weighted by atomic mass is 10.0. The summed E-state index contributed by atoms with van der Waals surface area (Å²) < 4.78 is 0. The number of rotatable bonds is 4. The molecule has 0 aliphatic carbocycles. The lowest BCUT2D eigenvalue weighted by Crippen LogP contribution is -2.19. The van der Waals surface area contributed by atoms with Crippen LogP contribution < -0.4 is 5.43 Å². The maximum absolute atomic E-state index is 11.9. The highest BCUT2D eigenvalue weighted by atomic mass is 16.6. The van der Waals surface area contributed by atoms with Crippen LogP contribution in [0.3, 0.4) is 0 Å². The summed E-state index contributed by atoms with van der Waals surface area (Å²) in [5, 5.41) is 31.9. The van der Waals surface area contributed by atoms with Gasteiger partial charge in [0.15, 0.2) is 0 Å². The molecule has 1 amide bonds. The fourth-order valence-corrected chi connectivity index (χ4v) is 2.22. The van der Waals surface area contributed by atoms with Crippen LogP contribution >= 0.6 is 0 Å². The van der Waals surface area contributed by atoms with Gasteiger partial charge in [0.2, 0.25) is 5.69 Å². The smallest absolute Gasteiger partial charge is 0.319 e. The van der Waals surface area contributed by atoms with E-state index in [1.54, 1.807) is 12.1 Å². The molecule has 0 saturated carbocycles. The third-order valence-electron chi connectivity index (χ3n) is 3.35. The van der Waals surface area contributed by atoms with Gasteiger partial charge in [-0.25, -0.2) is 5.43 Å². The van der Waals surface area contributed by atoms with Crippen LogP contribution in [0.5, 0.6) is 5.75 Å². The molecule has 3 aromatic rings. The van der Waals surface area contributed by atoms with E-state index in [0.717, 1.165) is 17.0 Å². The first-order valence-corrected chi connectivity index (χ1v) is 6.80. The number of aromatic nitrogens is 2. The topological polar surface area (TPSA) is 134 Å². The first-order chi connectivity index (χ1) is 11.6. The molecule has 0 saturated heterocycles. The van der Waals surface area contributed by atoms with E-state index in [9.17, 15) is 20.0 Å². The highest BCUT2D eigenvalue weighted by molar-refractivity contribution is 6.03. The Kier molecular flexibility index (Phi) is 3.89. The van der Waals surface area contributed by atoms with Gasteiger partial charge in [0, 0.05) is 5.56 Å². The minimum atomic E-state index is -0.810. The molecule has 1 aromatic heterocycles. The van der Waals surface area contributed by atoms with Crippen LogP contribution in [0.1, 0.15) is 16.1 Å². The normalized spacial score (nSPS) is 11.0. The predicted molar refractivity (Wildman–Crippen MR) is 85.9 cm³/mol. The number of aromatic amines is 1. The van der Waals surface area contributed by atoms with Crippen LogP contribution in [-0.2, 0) is 0 Å². The Morgan fingerprint density at radius 2 is 2.12 bits per heavy atom. The molecule has 0 atom stereocenters. The average molecular weight is 325 g/mol. The van der Waals surface area contributed by atoms with Crippen molar-refractivity contribution in [1.82, 2.24) is 15.6 Å². The lowest BCUT2D eigenvalue weighted by molar-refractivity contribution is -0.385. The lowest BCUT2D eigenvalue weighted by Gasteiger charge is -2.04. The van der Waals surface area contributed by atoms with Gasteiger partial charge in [-0.05, 0) is 16.8 Å². The highest BCUT2D eigenvalue weighted by Crippen LogP contribution is 2.25. The number of amides is 1. The van der Waals surface area contributed by atoms with Crippen molar-refractivity contribution in [2.45, 2.75) is 0 Å². The maximum atomic E-state index is 11.9. The molecule has 24 heavy (non-hydrogen) atoms. The van der Waals surface area contributed by atoms with Crippen LogP contribution in [0.2, 0.25) is 0 Å². The van der Waals surface area contributed by atoms with Gasteiger partial charge >= 0.3 is 5.69 Å². The van der Waals surface area contributed by atoms with Crippen LogP contribution in [0.25, 0.3) is 10.8 Å². The number of fused-ring (bicyclic) bond motifs is 1. The van der Waals surface area contributed by atoms with Crippen molar-refractivity contribution in [2.75, 3.05) is 0 Å². The summed E-state index contributed by atoms with van der Waals surface area (Å²) in [6, 6.07) is 10.6. The number of hydrogen-bond donors (Lipinski definition) is 3. The second-order valence-electron chi connectivity index (χ2n) is 4.81. The van der Waals surface area contributed by atoms with Crippen LogP contribution in [0, 0.1) is 10.1 Å². The third-order valence-corrected chi connectivity index (χ3v) is 3.35. The number of nitrogens with zero attached hydrogens (tertiary/aromatic N) is 3. The van der Waals surface area contributed by atoms with Gasteiger partial charge in [0.05, 0.1) is 11.1 Å². The largest absolute Gasteiger partial charge is 0.507 e. The first kappa shape index (κ1) is 15.2. The number of carbonyl (C=O) groups excluding carboxylic acids is 1. The Morgan fingerprint density at radius 3 is 2.92 bits per heavy atom. The molecule has 0 unspecified atom stereocenters. The van der Waals surface area contributed by atoms with E-state index in [-0.39, 0.29) is 11.4 Å². The Labute approximate surface area is 134 Å². The minimum absolute atomic E-state index is 0.000722. The number of benzene rings is 2. The summed E-state index contributed by atoms with van der Waals surface area (Å²) in [5.41, 5.74) is 1.83. The molecule has 0 fully saturated rings. The molecule has 0 spiro atoms. The zero-order chi connectivity index (χ0) is 17.1. The molecule has 0 aliphatic rings. The molecule has 0 radical (unpaired) electrons. The van der Waals surface area contributed by atoms with Crippen molar-refractivity contribution in [1.29, 1.82) is 0 Å². The van der Waals surface area contributed by atoms with E-state index in [1.807, 2.05) is 18.2 Å². The molecule has 9 nitrogen and oxygen atoms in total. The zero-order valence-electron chi connectivity index (χ0n) is 12.1. The Hall–Kier alpha value is -3.75. The van der Waals surface area contributed by atoms with Gasteiger partial charge in [-0.2, -0.15) is 10.2 Å². The number of H-pyrrole nitrogens is 1. The summed E-state index contributed by atoms with van der Waals surface area (Å²) in [6.07, 6.45) is 2.22. The third kappa shape index (κ3) is 2.77. The van der Waals surface area contributed by atoms with Crippen molar-refractivity contribution >= 4 is 28.6 Å². The molecule has 0 aliphatic heterocycles. The van der Waals surface area contributed by atoms with Gasteiger partial charge in [-0.1, -0.05) is 30.3 Å². The predicted octanol–water partition coefficient (Wildman–Crippen LogP) is 1.94. The van der Waals surface area contributed by atoms with Crippen molar-refractivity contribution in [3.05, 3.63) is 64.0 Å². The van der Waals surface area contributed by atoms with Crippen molar-refractivity contribution in [3.8, 4) is 5.75 Å². The average Bonchev–Trinajstić information content (AvgIpc) is 3.07. The number of carbonyl (C=O) groups is 1. The van der Waals surface area contributed by atoms with E-state index in [0.29, 0.717) is 5.56 Å². The zero-order valence-corrected chi connectivity index (χ0v) is 12.1. The number of aromatic hydroxyl groups is 1. The molecule has 1 heterocycles. The summed E-state index contributed by atoms with van der Waals surface area (Å²) in [6.45, 7) is 0. The SMILES string of the molecule is O=C(N/N=C/c1c(O)ccc2ccccc12)c1[nH]ncc1[N+](=O)[O-]. The summed E-state index contributed by atoms with van der Waals surface area (Å²) in [4.78, 5) is 22.0. The Bertz CT molecular complexity index is 963. The second kappa shape index (κ2) is 6.16. The van der Waals surface area contributed by atoms with Gasteiger partial charge in [-0.15, -0.1) is 0 Å². The minimum Gasteiger partial charge on any atom is -0.507 e. The van der Waals surface area contributed by atoms with Gasteiger partial charge in [0.1, 0.15) is 11.9 Å². The Balaban J connectivity index is 1.85. The molecular weight excluding hydrogens is 314 g/mol. The standard InChI is InChI=1S/C15H11N5O4/c21-13-6-5-9-3-1-2-4-10(9)11(13)7-16-19-15(22)14-12(20(23)24)8-17-18-14/h1-8,21H,(H,17,18)(H,19,22)/b16-7+. The Morgan fingerprint density at radius 1 is 1.33 bits per heavy atom. The fourth-order valence-electron chi connectivity index (χ4n) is 2.22. The van der Waals surface area contributed by atoms with Crippen LogP contribution in [0.15, 0.2) is 47.7 Å². The molecule has 2 aromatic carbocycles. The van der Waals surface area contributed by atoms with Crippen molar-refractivity contribution < 1.29 is 14.8 Å². The molecule has 9 heteroatoms. The maximum Gasteiger partial charge on any atom is 0.319 e. The van der Waals surface area contributed by atoms with Crippen molar-refractivity contribution in [3.63, 3.8) is 0 Å². The van der Waals surface area contributed by atoms with E-state index in [1.165, 1.54) is 12.3 Å². The number of phenols is 1. The van der Waals surface area contributed by atoms with Crippen LogP contribution in [-0.4, -0.2) is 32.3 Å². The quantitative estimate of drug-likeness (QED) is 0.383. The van der Waals surface area contributed by atoms with E-state index in [2.05, 4.69) is 20.7 Å². The molecule has 120 valence electrons. The second-order valence-corrected chi connectivity index (χ2v) is 4.81. The number of hydrazone groups is 1. The molecule has 3 rings (SSSR count). The highest BCUT2D eigenvalue weighted by Gasteiger charge is 2.22. The summed E-state index contributed by atoms with van der Waals surface area (Å²) in [5.74, 6) is -0.811. The monoisotopic (exact) mass is 325 g/mol. The first-order valence-electron chi connectivity index (χ1n) is 6.80. The van der Waals surface area contributed by atoms with Gasteiger partial charge in [-0.3, -0.25) is 20.0 Å². The van der Waals surface area contributed by atoms with Gasteiger partial charge < -0.3 is 5.11 Å². The van der Waals surface area contributed by atoms with Crippen LogP contribution in [0.4, 0.5) is 5.69 Å². The number of phenolic OH excluding ortho intramolecular Hbond substituents is 1. The molecule has 0 bridgehead atoms. The van der Waals surface area contributed by atoms with Crippen molar-refractivity contribution in [2.24, 2.45) is 5.10 Å². The van der Waals surface area contributed by atoms with E-state index in [4.69, 9.17) is 0 Å².